The third-order valence-electron chi connectivity index (χ3n) is 2.65. The Labute approximate surface area is 120 Å². The number of hydrogen-bond acceptors (Lipinski definition) is 3. The van der Waals surface area contributed by atoms with E-state index in [-0.39, 0.29) is 11.0 Å². The molecule has 1 fully saturated rings. The fourth-order valence-corrected chi connectivity index (χ4v) is 4.76. The highest BCUT2D eigenvalue weighted by Gasteiger charge is 2.29. The molecular formula is C12H12Cl2OS2. The highest BCUT2D eigenvalue weighted by molar-refractivity contribution is 8.07. The number of carbonyl (C=O) groups is 1. The van der Waals surface area contributed by atoms with Gasteiger partial charge >= 0.3 is 0 Å². The minimum absolute atomic E-state index is 0.0333. The Hall–Kier alpha value is 0.170. The molecule has 0 saturated carbocycles. The van der Waals surface area contributed by atoms with Crippen molar-refractivity contribution in [2.24, 2.45) is 0 Å². The summed E-state index contributed by atoms with van der Waals surface area (Å²) >= 11 is 15.4. The molecule has 2 unspecified atom stereocenters. The predicted molar refractivity (Wildman–Crippen MR) is 79.0 cm³/mol. The van der Waals surface area contributed by atoms with Gasteiger partial charge in [-0.1, -0.05) is 30.1 Å². The Balaban J connectivity index is 2.21. The van der Waals surface area contributed by atoms with E-state index in [1.54, 1.807) is 30.0 Å². The van der Waals surface area contributed by atoms with Crippen LogP contribution in [0, 0.1) is 0 Å². The van der Waals surface area contributed by atoms with Gasteiger partial charge in [0.05, 0.1) is 15.3 Å². The van der Waals surface area contributed by atoms with Gasteiger partial charge in [-0.2, -0.15) is 11.8 Å². The summed E-state index contributed by atoms with van der Waals surface area (Å²) in [4.78, 5) is 12.3. The maximum Gasteiger partial charge on any atom is 0.176 e. The van der Waals surface area contributed by atoms with Gasteiger partial charge in [0.15, 0.2) is 5.78 Å². The molecule has 1 aliphatic rings. The van der Waals surface area contributed by atoms with E-state index in [4.69, 9.17) is 23.2 Å². The predicted octanol–water partition coefficient (Wildman–Crippen LogP) is 4.41. The lowest BCUT2D eigenvalue weighted by Gasteiger charge is -2.26. The SMILES string of the molecule is CC1SCCSC1C(=O)c1ccc(Cl)c(Cl)c1. The van der Waals surface area contributed by atoms with Crippen molar-refractivity contribution in [1.82, 2.24) is 0 Å². The van der Waals surface area contributed by atoms with Crippen molar-refractivity contribution in [2.75, 3.05) is 11.5 Å². The summed E-state index contributed by atoms with van der Waals surface area (Å²) in [5.41, 5.74) is 0.659. The van der Waals surface area contributed by atoms with Crippen LogP contribution in [-0.4, -0.2) is 27.8 Å². The van der Waals surface area contributed by atoms with Crippen LogP contribution in [0.25, 0.3) is 0 Å². The van der Waals surface area contributed by atoms with Gasteiger partial charge in [-0.3, -0.25) is 4.79 Å². The molecule has 1 saturated heterocycles. The number of carbonyl (C=O) groups excluding carboxylic acids is 1. The van der Waals surface area contributed by atoms with Crippen LogP contribution in [0.2, 0.25) is 10.0 Å². The van der Waals surface area contributed by atoms with Crippen molar-refractivity contribution in [3.05, 3.63) is 33.8 Å². The molecule has 0 N–H and O–H groups in total. The van der Waals surface area contributed by atoms with Crippen LogP contribution in [0.3, 0.4) is 0 Å². The molecule has 5 heteroatoms. The lowest BCUT2D eigenvalue weighted by Crippen LogP contribution is -2.31. The second-order valence-electron chi connectivity index (χ2n) is 3.86. The lowest BCUT2D eigenvalue weighted by molar-refractivity contribution is 0.0989. The highest BCUT2D eigenvalue weighted by Crippen LogP contribution is 2.34. The molecule has 0 radical (unpaired) electrons. The van der Waals surface area contributed by atoms with Gasteiger partial charge in [0.2, 0.25) is 0 Å². The Morgan fingerprint density at radius 3 is 2.59 bits per heavy atom. The molecule has 2 rings (SSSR count). The van der Waals surface area contributed by atoms with Gasteiger partial charge in [-0.15, -0.1) is 11.8 Å². The molecule has 0 aliphatic carbocycles. The quantitative estimate of drug-likeness (QED) is 0.753. The smallest absolute Gasteiger partial charge is 0.176 e. The maximum absolute atomic E-state index is 12.3. The fourth-order valence-electron chi connectivity index (χ4n) is 1.73. The molecule has 0 aromatic heterocycles. The van der Waals surface area contributed by atoms with E-state index in [1.807, 2.05) is 11.8 Å². The highest BCUT2D eigenvalue weighted by atomic mass is 35.5. The molecule has 0 amide bonds. The standard InChI is InChI=1S/C12H12Cl2OS2/c1-7-12(17-5-4-16-7)11(15)8-2-3-9(13)10(14)6-8/h2-3,6-7,12H,4-5H2,1H3. The summed E-state index contributed by atoms with van der Waals surface area (Å²) in [5.74, 6) is 2.32. The normalized spacial score (nSPS) is 24.6. The molecule has 92 valence electrons. The Bertz CT molecular complexity index is 437. The lowest BCUT2D eigenvalue weighted by atomic mass is 10.1. The molecule has 1 aliphatic heterocycles. The van der Waals surface area contributed by atoms with Crippen molar-refractivity contribution in [3.63, 3.8) is 0 Å². The van der Waals surface area contributed by atoms with Crippen LogP contribution < -0.4 is 0 Å². The number of Topliss-reactive ketones (excluding diaryl/α,β-unsaturated/α-hetero) is 1. The van der Waals surface area contributed by atoms with Gasteiger partial charge in [-0.25, -0.2) is 0 Å². The number of ketones is 1. The maximum atomic E-state index is 12.3. The number of benzene rings is 1. The Morgan fingerprint density at radius 1 is 1.24 bits per heavy atom. The average molecular weight is 307 g/mol. The van der Waals surface area contributed by atoms with Crippen LogP contribution in [-0.2, 0) is 0 Å². The minimum atomic E-state index is 0.0333. The topological polar surface area (TPSA) is 17.1 Å². The van der Waals surface area contributed by atoms with Crippen LogP contribution in [0.4, 0.5) is 0 Å². The number of thioether (sulfide) groups is 2. The molecule has 0 spiro atoms. The monoisotopic (exact) mass is 306 g/mol. The number of rotatable bonds is 2. The molecule has 1 nitrogen and oxygen atoms in total. The van der Waals surface area contributed by atoms with Crippen molar-refractivity contribution in [3.8, 4) is 0 Å². The van der Waals surface area contributed by atoms with Gasteiger partial charge < -0.3 is 0 Å². The first-order chi connectivity index (χ1) is 8.09. The van der Waals surface area contributed by atoms with Gasteiger partial charge in [0, 0.05) is 22.3 Å². The van der Waals surface area contributed by atoms with E-state index in [0.29, 0.717) is 20.9 Å². The van der Waals surface area contributed by atoms with Crippen molar-refractivity contribution < 1.29 is 4.79 Å². The third-order valence-corrected chi connectivity index (χ3v) is 6.48. The van der Waals surface area contributed by atoms with Crippen molar-refractivity contribution in [2.45, 2.75) is 17.4 Å². The fraction of sp³-hybridized carbons (Fsp3) is 0.417. The average Bonchev–Trinajstić information content (AvgIpc) is 2.32. The zero-order valence-electron chi connectivity index (χ0n) is 9.28. The molecular weight excluding hydrogens is 295 g/mol. The first-order valence-electron chi connectivity index (χ1n) is 5.32. The van der Waals surface area contributed by atoms with Crippen LogP contribution in [0.5, 0.6) is 0 Å². The first kappa shape index (κ1) is 13.6. The van der Waals surface area contributed by atoms with E-state index in [2.05, 4.69) is 6.92 Å². The summed E-state index contributed by atoms with van der Waals surface area (Å²) in [6, 6.07) is 5.10. The van der Waals surface area contributed by atoms with Gasteiger partial charge in [0.25, 0.3) is 0 Å². The minimum Gasteiger partial charge on any atom is -0.293 e. The second-order valence-corrected chi connectivity index (χ2v) is 7.41. The third kappa shape index (κ3) is 3.14. The van der Waals surface area contributed by atoms with E-state index >= 15 is 0 Å². The second kappa shape index (κ2) is 5.87. The summed E-state index contributed by atoms with van der Waals surface area (Å²) in [6.07, 6.45) is 0. The van der Waals surface area contributed by atoms with E-state index in [9.17, 15) is 4.79 Å². The van der Waals surface area contributed by atoms with Gasteiger partial charge in [-0.05, 0) is 18.2 Å². The largest absolute Gasteiger partial charge is 0.293 e. The van der Waals surface area contributed by atoms with Crippen LogP contribution >= 0.6 is 46.7 Å². The summed E-state index contributed by atoms with van der Waals surface area (Å²) in [5, 5.41) is 1.32. The summed E-state index contributed by atoms with van der Waals surface area (Å²) in [7, 11) is 0. The van der Waals surface area contributed by atoms with Crippen molar-refractivity contribution >= 4 is 52.5 Å². The molecule has 0 bridgehead atoms. The first-order valence-corrected chi connectivity index (χ1v) is 8.17. The summed E-state index contributed by atoms with van der Waals surface area (Å²) < 4.78 is 0. The molecule has 17 heavy (non-hydrogen) atoms. The van der Waals surface area contributed by atoms with E-state index in [0.717, 1.165) is 11.5 Å². The Morgan fingerprint density at radius 2 is 1.94 bits per heavy atom. The zero-order valence-corrected chi connectivity index (χ0v) is 12.4. The molecule has 1 aromatic rings. The van der Waals surface area contributed by atoms with Gasteiger partial charge in [0.1, 0.15) is 0 Å². The van der Waals surface area contributed by atoms with E-state index in [1.165, 1.54) is 0 Å². The molecule has 1 heterocycles. The van der Waals surface area contributed by atoms with Crippen LogP contribution in [0.15, 0.2) is 18.2 Å². The molecule has 2 atom stereocenters. The van der Waals surface area contributed by atoms with E-state index < -0.39 is 0 Å². The number of hydrogen-bond donors (Lipinski definition) is 0. The molecule has 1 aromatic carbocycles. The van der Waals surface area contributed by atoms with Crippen LogP contribution in [0.1, 0.15) is 17.3 Å². The number of halogens is 2. The summed E-state index contributed by atoms with van der Waals surface area (Å²) in [6.45, 7) is 2.11. The Kier molecular flexibility index (Phi) is 4.70. The zero-order chi connectivity index (χ0) is 12.4. The van der Waals surface area contributed by atoms with Crippen molar-refractivity contribution in [1.29, 1.82) is 0 Å².